The van der Waals surface area contributed by atoms with Gasteiger partial charge >= 0.3 is 0 Å². The molecule has 2 aromatic rings. The fourth-order valence-electron chi connectivity index (χ4n) is 1.91. The maximum atomic E-state index is 11.9. The van der Waals surface area contributed by atoms with Gasteiger partial charge in [-0.1, -0.05) is 35.3 Å². The molecule has 0 aliphatic carbocycles. The molecule has 1 amide bonds. The molecule has 21 heavy (non-hydrogen) atoms. The van der Waals surface area contributed by atoms with Gasteiger partial charge in [0.25, 0.3) is 0 Å². The molecule has 2 rings (SSSR count). The standard InChI is InChI=1S/C16H15Cl2NO2/c1-21-15-7-5-11(9-14(15)18)6-8-16(20)19-13-4-2-3-12(17)10-13/h2-5,7,9-10H,6,8H2,1H3,(H,19,20). The second-order valence-corrected chi connectivity index (χ2v) is 5.37. The number of carbonyl (C=O) groups is 1. The Bertz CT molecular complexity index is 644. The molecule has 0 spiro atoms. The maximum absolute atomic E-state index is 11.9. The van der Waals surface area contributed by atoms with Crippen LogP contribution in [0.4, 0.5) is 5.69 Å². The number of hydrogen-bond donors (Lipinski definition) is 1. The van der Waals surface area contributed by atoms with Gasteiger partial charge in [0.05, 0.1) is 12.1 Å². The molecule has 0 radical (unpaired) electrons. The molecular weight excluding hydrogens is 309 g/mol. The molecule has 0 aliphatic rings. The van der Waals surface area contributed by atoms with Crippen LogP contribution in [0, 0.1) is 0 Å². The Hall–Kier alpha value is -1.71. The molecule has 0 bridgehead atoms. The summed E-state index contributed by atoms with van der Waals surface area (Å²) in [4.78, 5) is 11.9. The SMILES string of the molecule is COc1ccc(CCC(=O)Nc2cccc(Cl)c2)cc1Cl. The second-order valence-electron chi connectivity index (χ2n) is 4.53. The van der Waals surface area contributed by atoms with E-state index in [4.69, 9.17) is 27.9 Å². The van der Waals surface area contributed by atoms with Crippen molar-refractivity contribution in [3.8, 4) is 5.75 Å². The summed E-state index contributed by atoms with van der Waals surface area (Å²) in [7, 11) is 1.57. The molecule has 1 N–H and O–H groups in total. The van der Waals surface area contributed by atoms with Crippen molar-refractivity contribution in [1.82, 2.24) is 0 Å². The summed E-state index contributed by atoms with van der Waals surface area (Å²) >= 11 is 11.9. The van der Waals surface area contributed by atoms with Crippen molar-refractivity contribution in [3.63, 3.8) is 0 Å². The third-order valence-electron chi connectivity index (χ3n) is 2.97. The highest BCUT2D eigenvalue weighted by Crippen LogP contribution is 2.25. The fourth-order valence-corrected chi connectivity index (χ4v) is 2.38. The van der Waals surface area contributed by atoms with E-state index in [0.717, 1.165) is 5.56 Å². The Kier molecular flexibility index (Phi) is 5.48. The average molecular weight is 324 g/mol. The van der Waals surface area contributed by atoms with Crippen LogP contribution in [0.5, 0.6) is 5.75 Å². The summed E-state index contributed by atoms with van der Waals surface area (Å²) in [5.74, 6) is 0.563. The normalized spacial score (nSPS) is 10.2. The number of methoxy groups -OCH3 is 1. The quantitative estimate of drug-likeness (QED) is 0.875. The van der Waals surface area contributed by atoms with E-state index in [1.165, 1.54) is 0 Å². The zero-order valence-corrected chi connectivity index (χ0v) is 13.0. The lowest BCUT2D eigenvalue weighted by atomic mass is 10.1. The van der Waals surface area contributed by atoms with E-state index < -0.39 is 0 Å². The molecule has 0 fully saturated rings. The monoisotopic (exact) mass is 323 g/mol. The molecule has 0 heterocycles. The van der Waals surface area contributed by atoms with Crippen LogP contribution in [0.15, 0.2) is 42.5 Å². The number of hydrogen-bond acceptors (Lipinski definition) is 2. The lowest BCUT2D eigenvalue weighted by molar-refractivity contribution is -0.116. The van der Waals surface area contributed by atoms with Crippen LogP contribution < -0.4 is 10.1 Å². The van der Waals surface area contributed by atoms with Crippen molar-refractivity contribution in [2.24, 2.45) is 0 Å². The van der Waals surface area contributed by atoms with Crippen molar-refractivity contribution in [1.29, 1.82) is 0 Å². The van der Waals surface area contributed by atoms with Gasteiger partial charge in [-0.15, -0.1) is 0 Å². The number of carbonyl (C=O) groups excluding carboxylic acids is 1. The Balaban J connectivity index is 1.90. The van der Waals surface area contributed by atoms with E-state index in [0.29, 0.717) is 34.3 Å². The molecule has 0 saturated carbocycles. The number of rotatable bonds is 5. The molecule has 110 valence electrons. The maximum Gasteiger partial charge on any atom is 0.224 e. The number of ether oxygens (including phenoxy) is 1. The smallest absolute Gasteiger partial charge is 0.224 e. The van der Waals surface area contributed by atoms with Gasteiger partial charge in [0.2, 0.25) is 5.91 Å². The first kappa shape index (κ1) is 15.7. The summed E-state index contributed by atoms with van der Waals surface area (Å²) in [5.41, 5.74) is 1.68. The van der Waals surface area contributed by atoms with Crippen LogP contribution in [0.3, 0.4) is 0 Å². The van der Waals surface area contributed by atoms with Gasteiger partial charge in [-0.05, 0) is 42.3 Å². The first-order valence-electron chi connectivity index (χ1n) is 6.46. The van der Waals surface area contributed by atoms with Crippen LogP contribution in [0.25, 0.3) is 0 Å². The third-order valence-corrected chi connectivity index (χ3v) is 3.50. The zero-order valence-electron chi connectivity index (χ0n) is 11.5. The zero-order chi connectivity index (χ0) is 15.2. The second kappa shape index (κ2) is 7.34. The molecule has 0 unspecified atom stereocenters. The molecule has 3 nitrogen and oxygen atoms in total. The van der Waals surface area contributed by atoms with Gasteiger partial charge in [0.1, 0.15) is 5.75 Å². The predicted octanol–water partition coefficient (Wildman–Crippen LogP) is 4.57. The van der Waals surface area contributed by atoms with E-state index in [1.807, 2.05) is 12.1 Å². The summed E-state index contributed by atoms with van der Waals surface area (Å²) in [6.45, 7) is 0. The molecule has 5 heteroatoms. The average Bonchev–Trinajstić information content (AvgIpc) is 2.45. The van der Waals surface area contributed by atoms with Gasteiger partial charge in [-0.3, -0.25) is 4.79 Å². The van der Waals surface area contributed by atoms with E-state index in [2.05, 4.69) is 5.32 Å². The highest BCUT2D eigenvalue weighted by Gasteiger charge is 2.06. The minimum atomic E-state index is -0.0655. The lowest BCUT2D eigenvalue weighted by Gasteiger charge is -2.07. The Morgan fingerprint density at radius 3 is 2.67 bits per heavy atom. The van der Waals surface area contributed by atoms with Gasteiger partial charge in [-0.25, -0.2) is 0 Å². The molecule has 0 aliphatic heterocycles. The van der Waals surface area contributed by atoms with Crippen LogP contribution in [-0.2, 0) is 11.2 Å². The minimum absolute atomic E-state index is 0.0655. The first-order valence-corrected chi connectivity index (χ1v) is 7.22. The van der Waals surface area contributed by atoms with Crippen LogP contribution in [0.2, 0.25) is 10.0 Å². The van der Waals surface area contributed by atoms with Gasteiger partial charge in [0.15, 0.2) is 0 Å². The number of aryl methyl sites for hydroxylation is 1. The van der Waals surface area contributed by atoms with Crippen LogP contribution in [-0.4, -0.2) is 13.0 Å². The van der Waals surface area contributed by atoms with Gasteiger partial charge in [-0.2, -0.15) is 0 Å². The predicted molar refractivity (Wildman–Crippen MR) is 86.4 cm³/mol. The highest BCUT2D eigenvalue weighted by molar-refractivity contribution is 6.32. The molecule has 0 saturated heterocycles. The number of nitrogens with one attached hydrogen (secondary N) is 1. The number of halogens is 2. The van der Waals surface area contributed by atoms with Crippen molar-refractivity contribution in [2.75, 3.05) is 12.4 Å². The Morgan fingerprint density at radius 1 is 1.19 bits per heavy atom. The summed E-state index contributed by atoms with van der Waals surface area (Å²) < 4.78 is 5.09. The first-order chi connectivity index (χ1) is 10.1. The highest BCUT2D eigenvalue weighted by atomic mass is 35.5. The third kappa shape index (κ3) is 4.66. The van der Waals surface area contributed by atoms with Crippen LogP contribution >= 0.6 is 23.2 Å². The number of amides is 1. The van der Waals surface area contributed by atoms with Crippen molar-refractivity contribution in [2.45, 2.75) is 12.8 Å². The van der Waals surface area contributed by atoms with Gasteiger partial charge < -0.3 is 10.1 Å². The molecular formula is C16H15Cl2NO2. The van der Waals surface area contributed by atoms with Crippen LogP contribution in [0.1, 0.15) is 12.0 Å². The summed E-state index contributed by atoms with van der Waals surface area (Å²) in [6, 6.07) is 12.6. The van der Waals surface area contributed by atoms with Crippen molar-refractivity contribution >= 4 is 34.8 Å². The van der Waals surface area contributed by atoms with E-state index in [1.54, 1.807) is 37.4 Å². The number of anilines is 1. The molecule has 0 atom stereocenters. The van der Waals surface area contributed by atoms with E-state index in [-0.39, 0.29) is 5.91 Å². The summed E-state index contributed by atoms with van der Waals surface area (Å²) in [6.07, 6.45) is 0.977. The largest absolute Gasteiger partial charge is 0.495 e. The number of benzene rings is 2. The Morgan fingerprint density at radius 2 is 2.00 bits per heavy atom. The Labute approximate surface area is 133 Å². The molecule has 0 aromatic heterocycles. The van der Waals surface area contributed by atoms with E-state index in [9.17, 15) is 4.79 Å². The minimum Gasteiger partial charge on any atom is -0.495 e. The summed E-state index contributed by atoms with van der Waals surface area (Å²) in [5, 5.41) is 3.95. The van der Waals surface area contributed by atoms with Gasteiger partial charge in [0, 0.05) is 17.1 Å². The fraction of sp³-hybridized carbons (Fsp3) is 0.188. The topological polar surface area (TPSA) is 38.3 Å². The molecule has 2 aromatic carbocycles. The van der Waals surface area contributed by atoms with Crippen molar-refractivity contribution < 1.29 is 9.53 Å². The van der Waals surface area contributed by atoms with Crippen molar-refractivity contribution in [3.05, 3.63) is 58.1 Å². The lowest BCUT2D eigenvalue weighted by Crippen LogP contribution is -2.12. The van der Waals surface area contributed by atoms with E-state index >= 15 is 0 Å².